The number of piperazine rings is 1. The first-order chi connectivity index (χ1) is 12.4. The summed E-state index contributed by atoms with van der Waals surface area (Å²) in [7, 11) is 2.15. The summed E-state index contributed by atoms with van der Waals surface area (Å²) in [6, 6.07) is 2.08. The molecule has 7 nitrogen and oxygen atoms in total. The highest BCUT2D eigenvalue weighted by molar-refractivity contribution is 5.54. The number of nitrogen functional groups attached to an aromatic ring is 1. The second-order valence-electron chi connectivity index (χ2n) is 8.25. The molecule has 3 heterocycles. The van der Waals surface area contributed by atoms with Crippen molar-refractivity contribution in [2.45, 2.75) is 39.2 Å². The summed E-state index contributed by atoms with van der Waals surface area (Å²) in [4.78, 5) is 15.8. The van der Waals surface area contributed by atoms with E-state index in [1.54, 1.807) is 0 Å². The van der Waals surface area contributed by atoms with Crippen LogP contribution >= 0.6 is 0 Å². The van der Waals surface area contributed by atoms with E-state index in [2.05, 4.69) is 51.6 Å². The molecule has 0 bridgehead atoms. The molecule has 2 saturated heterocycles. The van der Waals surface area contributed by atoms with E-state index < -0.39 is 0 Å². The van der Waals surface area contributed by atoms with Crippen LogP contribution in [0.3, 0.4) is 0 Å². The van der Waals surface area contributed by atoms with Gasteiger partial charge in [-0.1, -0.05) is 13.8 Å². The Morgan fingerprint density at radius 2 is 1.58 bits per heavy atom. The predicted octanol–water partition coefficient (Wildman–Crippen LogP) is 1.43. The number of aliphatic hydroxyl groups is 1. The van der Waals surface area contributed by atoms with E-state index in [0.29, 0.717) is 17.8 Å². The number of piperidine rings is 1. The standard InChI is InChI=1S/C19H34N6O/c1-14(2)12-16(26)15-4-6-24(7-5-15)17-13-18(22-19(20)21-17)25-10-8-23(3)9-11-25/h13-16,26H,4-12H2,1-3H3,(H2,20,21,22). The van der Waals surface area contributed by atoms with Crippen LogP contribution < -0.4 is 15.5 Å². The highest BCUT2D eigenvalue weighted by Gasteiger charge is 2.27. The van der Waals surface area contributed by atoms with E-state index >= 15 is 0 Å². The lowest BCUT2D eigenvalue weighted by Crippen LogP contribution is -2.45. The third-order valence-electron chi connectivity index (χ3n) is 5.66. The molecule has 26 heavy (non-hydrogen) atoms. The maximum atomic E-state index is 10.4. The van der Waals surface area contributed by atoms with Crippen molar-refractivity contribution in [2.24, 2.45) is 11.8 Å². The number of nitrogens with two attached hydrogens (primary N) is 1. The SMILES string of the molecule is CC(C)CC(O)C1CCN(c2cc(N3CCN(C)CC3)nc(N)n2)CC1. The van der Waals surface area contributed by atoms with Crippen molar-refractivity contribution in [3.05, 3.63) is 6.07 Å². The number of hydrogen-bond donors (Lipinski definition) is 2. The summed E-state index contributed by atoms with van der Waals surface area (Å²) in [6.07, 6.45) is 2.70. The fourth-order valence-corrected chi connectivity index (χ4v) is 3.99. The number of aromatic nitrogens is 2. The first-order valence-corrected chi connectivity index (χ1v) is 9.93. The van der Waals surface area contributed by atoms with Crippen LogP contribution in [0, 0.1) is 11.8 Å². The van der Waals surface area contributed by atoms with Gasteiger partial charge in [-0.3, -0.25) is 0 Å². The highest BCUT2D eigenvalue weighted by Crippen LogP contribution is 2.28. The molecule has 0 aromatic carbocycles. The molecule has 1 aromatic rings. The Balaban J connectivity index is 1.63. The summed E-state index contributed by atoms with van der Waals surface area (Å²) in [5, 5.41) is 10.4. The van der Waals surface area contributed by atoms with Gasteiger partial charge in [0, 0.05) is 45.3 Å². The lowest BCUT2D eigenvalue weighted by molar-refractivity contribution is 0.0734. The van der Waals surface area contributed by atoms with Gasteiger partial charge in [0.05, 0.1) is 6.10 Å². The number of rotatable bonds is 5. The van der Waals surface area contributed by atoms with Gasteiger partial charge < -0.3 is 25.5 Å². The molecule has 2 aliphatic heterocycles. The van der Waals surface area contributed by atoms with Crippen LogP contribution in [0.4, 0.5) is 17.6 Å². The van der Waals surface area contributed by atoms with Gasteiger partial charge in [-0.2, -0.15) is 9.97 Å². The van der Waals surface area contributed by atoms with Gasteiger partial charge in [0.1, 0.15) is 11.6 Å². The minimum atomic E-state index is -0.187. The Labute approximate surface area is 157 Å². The fraction of sp³-hybridized carbons (Fsp3) is 0.789. The quantitative estimate of drug-likeness (QED) is 0.820. The third kappa shape index (κ3) is 4.76. The Morgan fingerprint density at radius 3 is 2.12 bits per heavy atom. The van der Waals surface area contributed by atoms with Crippen LogP contribution in [0.15, 0.2) is 6.07 Å². The van der Waals surface area contributed by atoms with Crippen molar-refractivity contribution in [3.63, 3.8) is 0 Å². The first-order valence-electron chi connectivity index (χ1n) is 9.93. The molecule has 146 valence electrons. The zero-order chi connectivity index (χ0) is 18.7. The Hall–Kier alpha value is -1.60. The van der Waals surface area contributed by atoms with Crippen molar-refractivity contribution < 1.29 is 5.11 Å². The molecule has 0 spiro atoms. The maximum absolute atomic E-state index is 10.4. The summed E-state index contributed by atoms with van der Waals surface area (Å²) in [6.45, 7) is 10.2. The summed E-state index contributed by atoms with van der Waals surface area (Å²) in [5.41, 5.74) is 6.00. The van der Waals surface area contributed by atoms with E-state index in [9.17, 15) is 5.11 Å². The molecular formula is C19H34N6O. The third-order valence-corrected chi connectivity index (χ3v) is 5.66. The fourth-order valence-electron chi connectivity index (χ4n) is 3.99. The van der Waals surface area contributed by atoms with Crippen LogP contribution in [0.5, 0.6) is 0 Å². The van der Waals surface area contributed by atoms with E-state index in [1.165, 1.54) is 0 Å². The van der Waals surface area contributed by atoms with Gasteiger partial charge in [-0.15, -0.1) is 0 Å². The monoisotopic (exact) mass is 362 g/mol. The van der Waals surface area contributed by atoms with E-state index in [4.69, 9.17) is 5.73 Å². The van der Waals surface area contributed by atoms with Crippen molar-refractivity contribution >= 4 is 17.6 Å². The van der Waals surface area contributed by atoms with Gasteiger partial charge in [-0.25, -0.2) is 0 Å². The summed E-state index contributed by atoms with van der Waals surface area (Å²) >= 11 is 0. The van der Waals surface area contributed by atoms with E-state index in [1.807, 2.05) is 0 Å². The van der Waals surface area contributed by atoms with Crippen molar-refractivity contribution in [3.8, 4) is 0 Å². The zero-order valence-electron chi connectivity index (χ0n) is 16.4. The number of likely N-dealkylation sites (N-methyl/N-ethyl adjacent to an activating group) is 1. The minimum Gasteiger partial charge on any atom is -0.393 e. The molecule has 7 heteroatoms. The molecule has 0 radical (unpaired) electrons. The molecule has 0 amide bonds. The Bertz CT molecular complexity index is 579. The van der Waals surface area contributed by atoms with Crippen molar-refractivity contribution in [1.82, 2.24) is 14.9 Å². The molecule has 3 N–H and O–H groups in total. The van der Waals surface area contributed by atoms with Crippen LogP contribution in [0.1, 0.15) is 33.1 Å². The lowest BCUT2D eigenvalue weighted by Gasteiger charge is -2.36. The molecule has 3 rings (SSSR count). The Kier molecular flexibility index (Phi) is 6.19. The maximum Gasteiger partial charge on any atom is 0.223 e. The smallest absolute Gasteiger partial charge is 0.223 e. The number of anilines is 3. The van der Waals surface area contributed by atoms with Crippen LogP contribution in [-0.2, 0) is 0 Å². The molecule has 2 aliphatic rings. The van der Waals surface area contributed by atoms with E-state index in [-0.39, 0.29) is 6.10 Å². The van der Waals surface area contributed by atoms with Gasteiger partial charge in [0.2, 0.25) is 5.95 Å². The summed E-state index contributed by atoms with van der Waals surface area (Å²) < 4.78 is 0. The Morgan fingerprint density at radius 1 is 1.04 bits per heavy atom. The molecular weight excluding hydrogens is 328 g/mol. The van der Waals surface area contributed by atoms with Gasteiger partial charge >= 0.3 is 0 Å². The number of nitrogens with zero attached hydrogens (tertiary/aromatic N) is 5. The zero-order valence-corrected chi connectivity index (χ0v) is 16.4. The van der Waals surface area contributed by atoms with Crippen molar-refractivity contribution in [2.75, 3.05) is 61.8 Å². The molecule has 1 atom stereocenters. The van der Waals surface area contributed by atoms with E-state index in [0.717, 1.165) is 70.2 Å². The second-order valence-corrected chi connectivity index (χ2v) is 8.25. The number of hydrogen-bond acceptors (Lipinski definition) is 7. The summed E-state index contributed by atoms with van der Waals surface area (Å²) in [5.74, 6) is 3.13. The highest BCUT2D eigenvalue weighted by atomic mass is 16.3. The molecule has 0 aliphatic carbocycles. The van der Waals surface area contributed by atoms with Gasteiger partial charge in [-0.05, 0) is 38.1 Å². The molecule has 1 aromatic heterocycles. The number of aliphatic hydroxyl groups excluding tert-OH is 1. The minimum absolute atomic E-state index is 0.187. The lowest BCUT2D eigenvalue weighted by atomic mass is 9.87. The molecule has 2 fully saturated rings. The predicted molar refractivity (Wildman–Crippen MR) is 107 cm³/mol. The first kappa shape index (κ1) is 19.2. The van der Waals surface area contributed by atoms with Crippen LogP contribution in [0.2, 0.25) is 0 Å². The largest absolute Gasteiger partial charge is 0.393 e. The van der Waals surface area contributed by atoms with Crippen LogP contribution in [0.25, 0.3) is 0 Å². The average molecular weight is 363 g/mol. The molecule has 0 saturated carbocycles. The molecule has 1 unspecified atom stereocenters. The average Bonchev–Trinajstić information content (AvgIpc) is 2.61. The van der Waals surface area contributed by atoms with Crippen molar-refractivity contribution in [1.29, 1.82) is 0 Å². The van der Waals surface area contributed by atoms with Gasteiger partial charge in [0.25, 0.3) is 0 Å². The van der Waals surface area contributed by atoms with Crippen LogP contribution in [-0.4, -0.2) is 72.4 Å². The topological polar surface area (TPSA) is 81.8 Å². The second kappa shape index (κ2) is 8.39. The van der Waals surface area contributed by atoms with Gasteiger partial charge in [0.15, 0.2) is 0 Å². The normalized spacial score (nSPS) is 21.4.